The van der Waals surface area contributed by atoms with Gasteiger partial charge in [-0.05, 0) is 42.7 Å². The summed E-state index contributed by atoms with van der Waals surface area (Å²) in [6, 6.07) is 10.6. The zero-order valence-corrected chi connectivity index (χ0v) is 21.4. The molecule has 0 spiro atoms. The van der Waals surface area contributed by atoms with E-state index < -0.39 is 15.1 Å². The van der Waals surface area contributed by atoms with Crippen molar-refractivity contribution < 1.29 is 17.9 Å². The number of nitrogens with zero attached hydrogens (tertiary/aromatic N) is 2. The fraction of sp³-hybridized carbons (Fsp3) is 0.348. The molecule has 33 heavy (non-hydrogen) atoms. The molecule has 1 aromatic heterocycles. The number of piperidine rings is 1. The lowest BCUT2D eigenvalue weighted by Gasteiger charge is -2.31. The highest BCUT2D eigenvalue weighted by Crippen LogP contribution is 2.35. The van der Waals surface area contributed by atoms with Crippen LogP contribution in [0.3, 0.4) is 0 Å². The molecule has 1 fully saturated rings. The lowest BCUT2D eigenvalue weighted by molar-refractivity contribution is 0.354. The third-order valence-corrected chi connectivity index (χ3v) is 9.93. The summed E-state index contributed by atoms with van der Waals surface area (Å²) in [5.41, 5.74) is 2.04. The van der Waals surface area contributed by atoms with Crippen molar-refractivity contribution >= 4 is 49.5 Å². The van der Waals surface area contributed by atoms with E-state index in [1.165, 1.54) is 6.07 Å². The first-order valence-corrected chi connectivity index (χ1v) is 13.6. The van der Waals surface area contributed by atoms with Crippen LogP contribution in [0, 0.1) is 0 Å². The Kier molecular flexibility index (Phi) is 7.38. The van der Waals surface area contributed by atoms with Crippen LogP contribution in [0.1, 0.15) is 24.1 Å². The number of thiazole rings is 1. The molecule has 10 heteroatoms. The molecule has 2 heterocycles. The maximum atomic E-state index is 13.1. The Balaban J connectivity index is 1.41. The lowest BCUT2D eigenvalue weighted by atomic mass is 10.1. The number of hydrogen-bond donors (Lipinski definition) is 0. The summed E-state index contributed by atoms with van der Waals surface area (Å²) >= 11 is 13.8. The van der Waals surface area contributed by atoms with Gasteiger partial charge < -0.3 is 14.4 Å². The Bertz CT molecular complexity index is 1240. The van der Waals surface area contributed by atoms with Crippen LogP contribution in [-0.4, -0.2) is 46.0 Å². The van der Waals surface area contributed by atoms with Crippen LogP contribution in [-0.2, 0) is 16.3 Å². The summed E-state index contributed by atoms with van der Waals surface area (Å²) in [6.45, 7) is 1.23. The first-order chi connectivity index (χ1) is 15.8. The molecule has 0 amide bonds. The van der Waals surface area contributed by atoms with Crippen LogP contribution < -0.4 is 14.4 Å². The van der Waals surface area contributed by atoms with Crippen molar-refractivity contribution in [2.75, 3.05) is 32.2 Å². The molecule has 4 rings (SSSR count). The van der Waals surface area contributed by atoms with E-state index in [2.05, 4.69) is 4.90 Å². The van der Waals surface area contributed by atoms with E-state index >= 15 is 0 Å². The molecule has 176 valence electrons. The highest BCUT2D eigenvalue weighted by atomic mass is 35.5. The molecule has 3 aromatic rings. The van der Waals surface area contributed by atoms with Crippen molar-refractivity contribution in [2.24, 2.45) is 0 Å². The predicted octanol–water partition coefficient (Wildman–Crippen LogP) is 5.50. The van der Waals surface area contributed by atoms with Crippen molar-refractivity contribution in [3.05, 3.63) is 63.1 Å². The van der Waals surface area contributed by atoms with Crippen molar-refractivity contribution in [2.45, 2.75) is 29.4 Å². The summed E-state index contributed by atoms with van der Waals surface area (Å²) in [5.74, 6) is 1.38. The highest BCUT2D eigenvalue weighted by Gasteiger charge is 2.33. The average Bonchev–Trinajstić information content (AvgIpc) is 3.29. The Labute approximate surface area is 208 Å². The molecule has 2 aromatic carbocycles. The van der Waals surface area contributed by atoms with E-state index in [-0.39, 0.29) is 14.9 Å². The number of sulfone groups is 1. The molecule has 6 nitrogen and oxygen atoms in total. The monoisotopic (exact) mass is 526 g/mol. The zero-order valence-electron chi connectivity index (χ0n) is 18.3. The minimum atomic E-state index is -3.55. The molecular formula is C23H24Cl2N2O4S2. The molecule has 0 saturated carbocycles. The van der Waals surface area contributed by atoms with E-state index in [0.29, 0.717) is 43.9 Å². The van der Waals surface area contributed by atoms with E-state index in [1.807, 2.05) is 23.6 Å². The molecule has 1 aliphatic heterocycles. The topological polar surface area (TPSA) is 68.7 Å². The van der Waals surface area contributed by atoms with Crippen LogP contribution in [0.5, 0.6) is 11.5 Å². The Morgan fingerprint density at radius 2 is 1.82 bits per heavy atom. The number of benzene rings is 2. The van der Waals surface area contributed by atoms with Crippen LogP contribution in [0.2, 0.25) is 10.0 Å². The molecule has 0 radical (unpaired) electrons. The summed E-state index contributed by atoms with van der Waals surface area (Å²) in [7, 11) is -0.320. The summed E-state index contributed by atoms with van der Waals surface area (Å²) in [4.78, 5) is 7.04. The normalized spacial score (nSPS) is 15.0. The van der Waals surface area contributed by atoms with Gasteiger partial charge >= 0.3 is 0 Å². The summed E-state index contributed by atoms with van der Waals surface area (Å²) < 4.78 is 36.9. The van der Waals surface area contributed by atoms with Crippen LogP contribution in [0.25, 0.3) is 0 Å². The SMILES string of the molecule is COc1ccc(Cc2csc(N3CCC(S(=O)(=O)c4cccc(Cl)c4Cl)CC3)n2)cc1OC. The quantitative estimate of drug-likeness (QED) is 0.404. The van der Waals surface area contributed by atoms with Gasteiger partial charge in [-0.2, -0.15) is 0 Å². The number of anilines is 1. The second kappa shape index (κ2) is 10.1. The Morgan fingerprint density at radius 3 is 2.52 bits per heavy atom. The standard InChI is InChI=1S/C23H24Cl2N2O4S2/c1-30-19-7-6-15(13-20(19)31-2)12-16-14-32-23(26-16)27-10-8-17(9-11-27)33(28,29)21-5-3-4-18(24)22(21)25/h3-7,13-14,17H,8-12H2,1-2H3. The molecule has 0 bridgehead atoms. The van der Waals surface area contributed by atoms with Crippen LogP contribution in [0.4, 0.5) is 5.13 Å². The number of ether oxygens (including phenoxy) is 2. The Hall–Kier alpha value is -2.00. The molecule has 0 aliphatic carbocycles. The minimum absolute atomic E-state index is 0.0984. The highest BCUT2D eigenvalue weighted by molar-refractivity contribution is 7.92. The van der Waals surface area contributed by atoms with Crippen molar-refractivity contribution in [3.8, 4) is 11.5 Å². The molecular weight excluding hydrogens is 503 g/mol. The fourth-order valence-electron chi connectivity index (χ4n) is 3.96. The third kappa shape index (κ3) is 5.09. The number of halogens is 2. The van der Waals surface area contributed by atoms with Gasteiger partial charge in [0.2, 0.25) is 0 Å². The van der Waals surface area contributed by atoms with E-state index in [4.69, 9.17) is 37.7 Å². The van der Waals surface area contributed by atoms with Gasteiger partial charge in [0, 0.05) is 24.9 Å². The molecule has 1 saturated heterocycles. The maximum Gasteiger partial charge on any atom is 0.185 e. The predicted molar refractivity (Wildman–Crippen MR) is 133 cm³/mol. The fourth-order valence-corrected chi connectivity index (χ4v) is 7.34. The summed E-state index contributed by atoms with van der Waals surface area (Å²) in [6.07, 6.45) is 1.69. The van der Waals surface area contributed by atoms with Gasteiger partial charge in [-0.25, -0.2) is 13.4 Å². The number of methoxy groups -OCH3 is 2. The first kappa shape index (κ1) is 24.1. The van der Waals surface area contributed by atoms with E-state index in [1.54, 1.807) is 37.7 Å². The third-order valence-electron chi connectivity index (χ3n) is 5.75. The van der Waals surface area contributed by atoms with Gasteiger partial charge in [0.25, 0.3) is 0 Å². The largest absolute Gasteiger partial charge is 0.493 e. The Morgan fingerprint density at radius 1 is 1.09 bits per heavy atom. The van der Waals surface area contributed by atoms with Crippen molar-refractivity contribution in [3.63, 3.8) is 0 Å². The van der Waals surface area contributed by atoms with Crippen molar-refractivity contribution in [1.29, 1.82) is 0 Å². The zero-order chi connectivity index (χ0) is 23.6. The molecule has 0 atom stereocenters. The van der Waals surface area contributed by atoms with Gasteiger partial charge in [-0.15, -0.1) is 11.3 Å². The number of aromatic nitrogens is 1. The minimum Gasteiger partial charge on any atom is -0.493 e. The van der Waals surface area contributed by atoms with Crippen molar-refractivity contribution in [1.82, 2.24) is 4.98 Å². The van der Waals surface area contributed by atoms with E-state index in [9.17, 15) is 8.42 Å². The first-order valence-electron chi connectivity index (χ1n) is 10.4. The van der Waals surface area contributed by atoms with Gasteiger partial charge in [0.15, 0.2) is 26.5 Å². The summed E-state index contributed by atoms with van der Waals surface area (Å²) in [5, 5.41) is 2.81. The smallest absolute Gasteiger partial charge is 0.185 e. The van der Waals surface area contributed by atoms with Gasteiger partial charge in [0.05, 0.1) is 40.1 Å². The number of rotatable bonds is 7. The second-order valence-corrected chi connectivity index (χ2v) is 11.6. The van der Waals surface area contributed by atoms with E-state index in [0.717, 1.165) is 16.4 Å². The molecule has 0 N–H and O–H groups in total. The van der Waals surface area contributed by atoms with Gasteiger partial charge in [-0.3, -0.25) is 0 Å². The average molecular weight is 527 g/mol. The second-order valence-electron chi connectivity index (χ2n) is 7.77. The maximum absolute atomic E-state index is 13.1. The molecule has 1 aliphatic rings. The molecule has 0 unspecified atom stereocenters. The van der Waals surface area contributed by atoms with Gasteiger partial charge in [0.1, 0.15) is 0 Å². The number of hydrogen-bond acceptors (Lipinski definition) is 7. The van der Waals surface area contributed by atoms with Crippen LogP contribution >= 0.6 is 34.5 Å². The lowest BCUT2D eigenvalue weighted by Crippen LogP contribution is -2.39. The van der Waals surface area contributed by atoms with Crippen LogP contribution in [0.15, 0.2) is 46.7 Å². The van der Waals surface area contributed by atoms with Gasteiger partial charge in [-0.1, -0.05) is 35.3 Å².